The number of hydrogen-bond acceptors (Lipinski definition) is 5. The predicted molar refractivity (Wildman–Crippen MR) is 99.3 cm³/mol. The number of nitrogens with zero attached hydrogens (tertiary/aromatic N) is 2. The lowest BCUT2D eigenvalue weighted by molar-refractivity contribution is -0.0231. The van der Waals surface area contributed by atoms with Gasteiger partial charge >= 0.3 is 0 Å². The standard InChI is InChI=1S/C20H25ClN2O3/c1-12-18(13(2)26-22-12)11-23-9-14-6-19(24)20(7-15(14)10-23)25-17-5-3-4-16(21)8-17/h3-5,8,14-15,19-20,24H,6-7,9-11H2,1-2H3/t14-,15+,19+,20+/m0/s1. The van der Waals surface area contributed by atoms with Crippen LogP contribution in [-0.2, 0) is 6.54 Å². The van der Waals surface area contributed by atoms with Crippen molar-refractivity contribution in [3.8, 4) is 5.75 Å². The van der Waals surface area contributed by atoms with E-state index in [1.54, 1.807) is 6.07 Å². The van der Waals surface area contributed by atoms with Crippen molar-refractivity contribution >= 4 is 11.6 Å². The second-order valence-corrected chi connectivity index (χ2v) is 8.11. The van der Waals surface area contributed by atoms with Crippen molar-refractivity contribution in [3.63, 3.8) is 0 Å². The molecule has 1 saturated heterocycles. The average Bonchev–Trinajstić information content (AvgIpc) is 3.12. The molecule has 1 N–H and O–H groups in total. The maximum absolute atomic E-state index is 10.6. The fraction of sp³-hybridized carbons (Fsp3) is 0.550. The van der Waals surface area contributed by atoms with Crippen LogP contribution in [0.25, 0.3) is 0 Å². The molecule has 0 unspecified atom stereocenters. The second kappa shape index (κ2) is 7.22. The summed E-state index contributed by atoms with van der Waals surface area (Å²) in [6, 6.07) is 7.39. The highest BCUT2D eigenvalue weighted by molar-refractivity contribution is 6.30. The Morgan fingerprint density at radius 1 is 1.27 bits per heavy atom. The minimum atomic E-state index is -0.436. The lowest BCUT2D eigenvalue weighted by Crippen LogP contribution is -2.42. The Bertz CT molecular complexity index is 759. The number of aromatic nitrogens is 1. The average molecular weight is 377 g/mol. The first-order chi connectivity index (χ1) is 12.5. The Morgan fingerprint density at radius 3 is 2.73 bits per heavy atom. The number of ether oxygens (including phenoxy) is 1. The van der Waals surface area contributed by atoms with E-state index in [1.165, 1.54) is 5.56 Å². The van der Waals surface area contributed by atoms with E-state index < -0.39 is 6.10 Å². The molecule has 4 atom stereocenters. The van der Waals surface area contributed by atoms with Crippen LogP contribution in [-0.4, -0.2) is 40.5 Å². The molecule has 0 radical (unpaired) electrons. The molecule has 140 valence electrons. The molecule has 0 bridgehead atoms. The van der Waals surface area contributed by atoms with Crippen LogP contribution < -0.4 is 4.74 Å². The Kier molecular flexibility index (Phi) is 4.95. The van der Waals surface area contributed by atoms with Crippen molar-refractivity contribution in [2.24, 2.45) is 11.8 Å². The molecule has 2 aliphatic rings. The van der Waals surface area contributed by atoms with Gasteiger partial charge in [0, 0.05) is 30.2 Å². The van der Waals surface area contributed by atoms with Crippen molar-refractivity contribution in [3.05, 3.63) is 46.3 Å². The summed E-state index contributed by atoms with van der Waals surface area (Å²) in [4.78, 5) is 2.45. The molecular formula is C20H25ClN2O3. The lowest BCUT2D eigenvalue weighted by Gasteiger charge is -2.35. The smallest absolute Gasteiger partial charge is 0.138 e. The van der Waals surface area contributed by atoms with Gasteiger partial charge in [0.2, 0.25) is 0 Å². The minimum Gasteiger partial charge on any atom is -0.488 e. The monoisotopic (exact) mass is 376 g/mol. The zero-order valence-corrected chi connectivity index (χ0v) is 15.9. The van der Waals surface area contributed by atoms with Gasteiger partial charge in [0.1, 0.15) is 17.6 Å². The molecule has 5 nitrogen and oxygen atoms in total. The summed E-state index contributed by atoms with van der Waals surface area (Å²) in [5, 5.41) is 15.3. The maximum Gasteiger partial charge on any atom is 0.138 e. The van der Waals surface area contributed by atoms with E-state index in [1.807, 2.05) is 32.0 Å². The van der Waals surface area contributed by atoms with E-state index in [4.69, 9.17) is 20.9 Å². The molecule has 1 aromatic heterocycles. The molecule has 2 aromatic rings. The molecule has 0 amide bonds. The van der Waals surface area contributed by atoms with Gasteiger partial charge in [0.25, 0.3) is 0 Å². The number of likely N-dealkylation sites (tertiary alicyclic amines) is 1. The molecular weight excluding hydrogens is 352 g/mol. The SMILES string of the molecule is Cc1noc(C)c1CN1C[C@H]2C[C@@H](Oc3cccc(Cl)c3)[C@H](O)C[C@H]2C1. The van der Waals surface area contributed by atoms with E-state index >= 15 is 0 Å². The van der Waals surface area contributed by atoms with E-state index in [0.29, 0.717) is 16.9 Å². The summed E-state index contributed by atoms with van der Waals surface area (Å²) in [6.45, 7) is 6.86. The Balaban J connectivity index is 1.40. The molecule has 2 heterocycles. The normalized spacial score (nSPS) is 28.9. The van der Waals surface area contributed by atoms with Gasteiger partial charge in [-0.3, -0.25) is 4.90 Å². The first kappa shape index (κ1) is 17.8. The largest absolute Gasteiger partial charge is 0.488 e. The highest BCUT2D eigenvalue weighted by atomic mass is 35.5. The number of halogens is 1. The Hall–Kier alpha value is -1.56. The van der Waals surface area contributed by atoms with Crippen molar-refractivity contribution in [1.82, 2.24) is 10.1 Å². The van der Waals surface area contributed by atoms with E-state index in [-0.39, 0.29) is 6.10 Å². The summed E-state index contributed by atoms with van der Waals surface area (Å²) < 4.78 is 11.3. The van der Waals surface area contributed by atoms with Crippen molar-refractivity contribution in [2.75, 3.05) is 13.1 Å². The third kappa shape index (κ3) is 3.61. The van der Waals surface area contributed by atoms with Gasteiger partial charge < -0.3 is 14.4 Å². The highest BCUT2D eigenvalue weighted by Gasteiger charge is 2.42. The van der Waals surface area contributed by atoms with Gasteiger partial charge in [0.15, 0.2) is 0 Å². The van der Waals surface area contributed by atoms with Gasteiger partial charge in [-0.05, 0) is 56.7 Å². The minimum absolute atomic E-state index is 0.172. The lowest BCUT2D eigenvalue weighted by atomic mass is 9.78. The van der Waals surface area contributed by atoms with Gasteiger partial charge in [-0.2, -0.15) is 0 Å². The predicted octanol–water partition coefficient (Wildman–Crippen LogP) is 3.60. The third-order valence-corrected chi connectivity index (χ3v) is 6.04. The molecule has 1 aromatic carbocycles. The van der Waals surface area contributed by atoms with E-state index in [2.05, 4.69) is 10.1 Å². The summed E-state index contributed by atoms with van der Waals surface area (Å²) in [5.74, 6) is 2.69. The molecule has 6 heteroatoms. The first-order valence-electron chi connectivity index (χ1n) is 9.24. The third-order valence-electron chi connectivity index (χ3n) is 5.81. The van der Waals surface area contributed by atoms with Crippen LogP contribution in [0.2, 0.25) is 5.02 Å². The quantitative estimate of drug-likeness (QED) is 0.883. The second-order valence-electron chi connectivity index (χ2n) is 7.67. The topological polar surface area (TPSA) is 58.7 Å². The molecule has 4 rings (SSSR count). The van der Waals surface area contributed by atoms with Crippen LogP contribution in [0.4, 0.5) is 0 Å². The fourth-order valence-electron chi connectivity index (χ4n) is 4.41. The van der Waals surface area contributed by atoms with Gasteiger partial charge in [-0.15, -0.1) is 0 Å². The van der Waals surface area contributed by atoms with Crippen molar-refractivity contribution < 1.29 is 14.4 Å². The Morgan fingerprint density at radius 2 is 2.04 bits per heavy atom. The zero-order valence-electron chi connectivity index (χ0n) is 15.2. The summed E-state index contributed by atoms with van der Waals surface area (Å²) in [5.41, 5.74) is 2.16. The van der Waals surface area contributed by atoms with Crippen LogP contribution in [0.3, 0.4) is 0 Å². The number of hydrogen-bond donors (Lipinski definition) is 1. The summed E-state index contributed by atoms with van der Waals surface area (Å²) >= 11 is 6.04. The van der Waals surface area contributed by atoms with Gasteiger partial charge in [-0.25, -0.2) is 0 Å². The van der Waals surface area contributed by atoms with Crippen molar-refractivity contribution in [1.29, 1.82) is 0 Å². The molecule has 1 aliphatic carbocycles. The van der Waals surface area contributed by atoms with Crippen LogP contribution in [0, 0.1) is 25.7 Å². The number of aliphatic hydroxyl groups is 1. The molecule has 1 saturated carbocycles. The van der Waals surface area contributed by atoms with E-state index in [9.17, 15) is 5.11 Å². The van der Waals surface area contributed by atoms with E-state index in [0.717, 1.165) is 49.7 Å². The fourth-order valence-corrected chi connectivity index (χ4v) is 4.59. The van der Waals surface area contributed by atoms with Gasteiger partial charge in [0.05, 0.1) is 11.8 Å². The summed E-state index contributed by atoms with van der Waals surface area (Å²) in [7, 11) is 0. The highest BCUT2D eigenvalue weighted by Crippen LogP contribution is 2.39. The van der Waals surface area contributed by atoms with Crippen LogP contribution in [0.5, 0.6) is 5.75 Å². The zero-order chi connectivity index (χ0) is 18.3. The summed E-state index contributed by atoms with van der Waals surface area (Å²) in [6.07, 6.45) is 1.05. The number of fused-ring (bicyclic) bond motifs is 1. The van der Waals surface area contributed by atoms with Crippen LogP contribution in [0.1, 0.15) is 29.9 Å². The molecule has 26 heavy (non-hydrogen) atoms. The van der Waals surface area contributed by atoms with Gasteiger partial charge in [-0.1, -0.05) is 22.8 Å². The number of aliphatic hydroxyl groups excluding tert-OH is 1. The first-order valence-corrected chi connectivity index (χ1v) is 9.62. The molecule has 1 aliphatic heterocycles. The number of benzene rings is 1. The molecule has 2 fully saturated rings. The number of aryl methyl sites for hydroxylation is 2. The Labute approximate surface area is 158 Å². The van der Waals surface area contributed by atoms with Crippen molar-refractivity contribution in [2.45, 2.75) is 45.4 Å². The van der Waals surface area contributed by atoms with Crippen LogP contribution >= 0.6 is 11.6 Å². The van der Waals surface area contributed by atoms with Crippen LogP contribution in [0.15, 0.2) is 28.8 Å². The molecule has 0 spiro atoms. The maximum atomic E-state index is 10.6. The number of rotatable bonds is 4.